The second-order valence-electron chi connectivity index (χ2n) is 6.58. The highest BCUT2D eigenvalue weighted by atomic mass is 19.1. The molecule has 0 aromatic carbocycles. The second-order valence-corrected chi connectivity index (χ2v) is 6.58. The molecule has 1 saturated carbocycles. The van der Waals surface area contributed by atoms with E-state index in [1.165, 1.54) is 0 Å². The summed E-state index contributed by atoms with van der Waals surface area (Å²) < 4.78 is 19.8. The van der Waals surface area contributed by atoms with Crippen molar-refractivity contribution in [3.05, 3.63) is 0 Å². The van der Waals surface area contributed by atoms with Crippen LogP contribution in [0.4, 0.5) is 4.39 Å². The van der Waals surface area contributed by atoms with Gasteiger partial charge in [0, 0.05) is 13.0 Å². The first-order valence-corrected chi connectivity index (χ1v) is 7.53. The average molecular weight is 285 g/mol. The topological polar surface area (TPSA) is 55.4 Å². The van der Waals surface area contributed by atoms with Crippen molar-refractivity contribution >= 4 is 11.9 Å². The van der Waals surface area contributed by atoms with E-state index in [4.69, 9.17) is 4.74 Å². The molecule has 2 aliphatic rings. The fourth-order valence-corrected chi connectivity index (χ4v) is 3.28. The van der Waals surface area contributed by atoms with Crippen LogP contribution in [0.15, 0.2) is 0 Å². The summed E-state index contributed by atoms with van der Waals surface area (Å²) in [5.41, 5.74) is -2.48. The van der Waals surface area contributed by atoms with E-state index in [-0.39, 0.29) is 25.0 Å². The van der Waals surface area contributed by atoms with Crippen molar-refractivity contribution in [3.63, 3.8) is 0 Å². The molecule has 4 unspecified atom stereocenters. The first-order valence-electron chi connectivity index (χ1n) is 7.53. The third-order valence-corrected chi connectivity index (χ3v) is 4.66. The van der Waals surface area contributed by atoms with Crippen LogP contribution in [0.1, 0.15) is 46.5 Å². The highest BCUT2D eigenvalue weighted by molar-refractivity contribution is 6.07. The molecule has 1 heterocycles. The molecular formula is C15H24FNO3. The summed E-state index contributed by atoms with van der Waals surface area (Å²) in [5.74, 6) is -0.753. The molecule has 0 aromatic rings. The van der Waals surface area contributed by atoms with Crippen LogP contribution in [0.25, 0.3) is 0 Å². The van der Waals surface area contributed by atoms with Crippen LogP contribution >= 0.6 is 0 Å². The first kappa shape index (κ1) is 15.3. The van der Waals surface area contributed by atoms with Crippen LogP contribution in [0.2, 0.25) is 0 Å². The van der Waals surface area contributed by atoms with Crippen molar-refractivity contribution in [3.8, 4) is 0 Å². The number of hydrogen-bond acceptors (Lipinski definition) is 3. The standard InChI is InChI=1S/C15H24FNO3/c1-9(2)11-5-4-10(3)8-12(11)20-14(19)15(16)6-7-17-13(15)18/h9-12H,4-8H2,1-3H3,(H,17,18). The molecule has 1 aliphatic heterocycles. The summed E-state index contributed by atoms with van der Waals surface area (Å²) in [7, 11) is 0. The van der Waals surface area contributed by atoms with Gasteiger partial charge in [-0.1, -0.05) is 27.2 Å². The molecule has 0 radical (unpaired) electrons. The van der Waals surface area contributed by atoms with Gasteiger partial charge in [0.2, 0.25) is 0 Å². The Labute approximate surface area is 119 Å². The smallest absolute Gasteiger partial charge is 0.354 e. The second kappa shape index (κ2) is 5.70. The minimum absolute atomic E-state index is 0.126. The van der Waals surface area contributed by atoms with Crippen LogP contribution in [0.5, 0.6) is 0 Å². The molecule has 0 spiro atoms. The number of nitrogens with one attached hydrogen (secondary N) is 1. The fraction of sp³-hybridized carbons (Fsp3) is 0.867. The van der Waals surface area contributed by atoms with E-state index in [9.17, 15) is 14.0 Å². The van der Waals surface area contributed by atoms with Crippen molar-refractivity contribution in [1.29, 1.82) is 0 Å². The minimum Gasteiger partial charge on any atom is -0.459 e. The number of amides is 1. The molecule has 1 amide bonds. The maximum atomic E-state index is 14.4. The van der Waals surface area contributed by atoms with Crippen LogP contribution in [-0.2, 0) is 14.3 Å². The molecule has 20 heavy (non-hydrogen) atoms. The largest absolute Gasteiger partial charge is 0.459 e. The number of hydrogen-bond donors (Lipinski definition) is 1. The van der Waals surface area contributed by atoms with Crippen molar-refractivity contribution in [2.24, 2.45) is 17.8 Å². The summed E-state index contributed by atoms with van der Waals surface area (Å²) in [6, 6.07) is 0. The Morgan fingerprint density at radius 3 is 2.70 bits per heavy atom. The number of carbonyl (C=O) groups is 2. The molecule has 0 bridgehead atoms. The lowest BCUT2D eigenvalue weighted by Gasteiger charge is -2.37. The normalized spacial score (nSPS) is 37.9. The Morgan fingerprint density at radius 1 is 1.45 bits per heavy atom. The van der Waals surface area contributed by atoms with Gasteiger partial charge in [-0.2, -0.15) is 0 Å². The summed E-state index contributed by atoms with van der Waals surface area (Å²) in [6.45, 7) is 6.49. The predicted octanol–water partition coefficient (Wildman–Crippen LogP) is 2.22. The van der Waals surface area contributed by atoms with Crippen LogP contribution in [-0.4, -0.2) is 30.2 Å². The third-order valence-electron chi connectivity index (χ3n) is 4.66. The molecule has 5 heteroatoms. The highest BCUT2D eigenvalue weighted by Crippen LogP contribution is 2.36. The molecule has 4 atom stereocenters. The zero-order valence-electron chi connectivity index (χ0n) is 12.4. The molecule has 2 fully saturated rings. The Balaban J connectivity index is 2.06. The Kier molecular flexibility index (Phi) is 4.35. The number of ether oxygens (including phenoxy) is 1. The van der Waals surface area contributed by atoms with Gasteiger partial charge in [0.15, 0.2) is 0 Å². The van der Waals surface area contributed by atoms with E-state index >= 15 is 0 Å². The zero-order chi connectivity index (χ0) is 14.9. The number of alkyl halides is 1. The van der Waals surface area contributed by atoms with Gasteiger partial charge in [0.25, 0.3) is 11.6 Å². The quantitative estimate of drug-likeness (QED) is 0.639. The lowest BCUT2D eigenvalue weighted by Crippen LogP contribution is -2.46. The maximum absolute atomic E-state index is 14.4. The van der Waals surface area contributed by atoms with Crippen LogP contribution < -0.4 is 5.32 Å². The van der Waals surface area contributed by atoms with Gasteiger partial charge in [-0.05, 0) is 30.6 Å². The number of halogens is 1. The highest BCUT2D eigenvalue weighted by Gasteiger charge is 2.52. The van der Waals surface area contributed by atoms with Gasteiger partial charge in [-0.25, -0.2) is 9.18 Å². The van der Waals surface area contributed by atoms with Gasteiger partial charge in [-0.15, -0.1) is 0 Å². The van der Waals surface area contributed by atoms with Crippen molar-refractivity contribution in [2.45, 2.75) is 58.2 Å². The summed E-state index contributed by atoms with van der Waals surface area (Å²) in [5, 5.41) is 2.36. The van der Waals surface area contributed by atoms with Gasteiger partial charge in [-0.3, -0.25) is 4.79 Å². The van der Waals surface area contributed by atoms with Crippen LogP contribution in [0.3, 0.4) is 0 Å². The van der Waals surface area contributed by atoms with Crippen molar-refractivity contribution in [2.75, 3.05) is 6.54 Å². The molecule has 2 rings (SSSR count). The van der Waals surface area contributed by atoms with Gasteiger partial charge >= 0.3 is 5.97 Å². The lowest BCUT2D eigenvalue weighted by molar-refractivity contribution is -0.172. The number of rotatable bonds is 3. The van der Waals surface area contributed by atoms with Gasteiger partial charge < -0.3 is 10.1 Å². The summed E-state index contributed by atoms with van der Waals surface area (Å²) in [4.78, 5) is 23.5. The van der Waals surface area contributed by atoms with E-state index < -0.39 is 17.5 Å². The SMILES string of the molecule is CC1CCC(C(C)C)C(OC(=O)C2(F)CCNC2=O)C1. The third kappa shape index (κ3) is 2.81. The Hall–Kier alpha value is -1.13. The van der Waals surface area contributed by atoms with Gasteiger partial charge in [0.1, 0.15) is 6.10 Å². The van der Waals surface area contributed by atoms with Gasteiger partial charge in [0.05, 0.1) is 0 Å². The Bertz CT molecular complexity index is 399. The fourth-order valence-electron chi connectivity index (χ4n) is 3.28. The molecule has 1 N–H and O–H groups in total. The number of carbonyl (C=O) groups excluding carboxylic acids is 2. The first-order chi connectivity index (χ1) is 9.34. The average Bonchev–Trinajstić information content (AvgIpc) is 2.70. The zero-order valence-corrected chi connectivity index (χ0v) is 12.4. The van der Waals surface area contributed by atoms with E-state index in [0.29, 0.717) is 11.8 Å². The maximum Gasteiger partial charge on any atom is 0.354 e. The molecule has 4 nitrogen and oxygen atoms in total. The molecule has 1 aliphatic carbocycles. The van der Waals surface area contributed by atoms with E-state index in [1.54, 1.807) is 0 Å². The van der Waals surface area contributed by atoms with Crippen molar-refractivity contribution in [1.82, 2.24) is 5.32 Å². The molecule has 114 valence electrons. The van der Waals surface area contributed by atoms with E-state index in [2.05, 4.69) is 26.1 Å². The summed E-state index contributed by atoms with van der Waals surface area (Å²) in [6.07, 6.45) is 2.46. The molecule has 1 saturated heterocycles. The minimum atomic E-state index is -2.48. The van der Waals surface area contributed by atoms with E-state index in [0.717, 1.165) is 19.3 Å². The van der Waals surface area contributed by atoms with E-state index in [1.807, 2.05) is 0 Å². The van der Waals surface area contributed by atoms with Crippen molar-refractivity contribution < 1.29 is 18.7 Å². The monoisotopic (exact) mass is 285 g/mol. The predicted molar refractivity (Wildman–Crippen MR) is 72.7 cm³/mol. The number of esters is 1. The molecular weight excluding hydrogens is 261 g/mol. The lowest BCUT2D eigenvalue weighted by atomic mass is 9.75. The van der Waals surface area contributed by atoms with Crippen LogP contribution in [0, 0.1) is 17.8 Å². The Morgan fingerprint density at radius 2 is 2.15 bits per heavy atom. The summed E-state index contributed by atoms with van der Waals surface area (Å²) >= 11 is 0. The molecule has 0 aromatic heterocycles.